The number of pyridine rings is 1. The third-order valence-electron chi connectivity index (χ3n) is 6.59. The van der Waals surface area contributed by atoms with Gasteiger partial charge in [-0.15, -0.1) is 0 Å². The van der Waals surface area contributed by atoms with E-state index in [2.05, 4.69) is 33.4 Å². The SMILES string of the molecule is C[C@@H](O)CN(C)c1ccc(C(=O)NCc2ccc3c(c2)CCN(C2CCC2)CC3)cn1. The predicted molar refractivity (Wildman–Crippen MR) is 123 cm³/mol. The number of fused-ring (bicyclic) bond motifs is 1. The van der Waals surface area contributed by atoms with E-state index in [-0.39, 0.29) is 5.91 Å². The Labute approximate surface area is 185 Å². The average molecular weight is 423 g/mol. The lowest BCUT2D eigenvalue weighted by molar-refractivity contribution is 0.0950. The Kier molecular flexibility index (Phi) is 6.88. The molecular formula is C25H34N4O2. The summed E-state index contributed by atoms with van der Waals surface area (Å²) >= 11 is 0. The van der Waals surface area contributed by atoms with E-state index < -0.39 is 6.10 Å². The van der Waals surface area contributed by atoms with Gasteiger partial charge in [0.15, 0.2) is 0 Å². The molecule has 1 aromatic carbocycles. The second-order valence-electron chi connectivity index (χ2n) is 9.04. The summed E-state index contributed by atoms with van der Waals surface area (Å²) in [7, 11) is 1.87. The van der Waals surface area contributed by atoms with Crippen molar-refractivity contribution in [3.63, 3.8) is 0 Å². The highest BCUT2D eigenvalue weighted by Crippen LogP contribution is 2.27. The van der Waals surface area contributed by atoms with Gasteiger partial charge in [-0.2, -0.15) is 0 Å². The number of carbonyl (C=O) groups excluding carboxylic acids is 1. The van der Waals surface area contributed by atoms with Gasteiger partial charge < -0.3 is 15.3 Å². The minimum Gasteiger partial charge on any atom is -0.392 e. The predicted octanol–water partition coefficient (Wildman–Crippen LogP) is 2.78. The molecule has 2 aliphatic rings. The Morgan fingerprint density at radius 3 is 2.65 bits per heavy atom. The highest BCUT2D eigenvalue weighted by atomic mass is 16.3. The number of aliphatic hydroxyl groups excluding tert-OH is 1. The largest absolute Gasteiger partial charge is 0.392 e. The van der Waals surface area contributed by atoms with Crippen LogP contribution < -0.4 is 10.2 Å². The van der Waals surface area contributed by atoms with Gasteiger partial charge in [-0.3, -0.25) is 9.69 Å². The zero-order valence-electron chi connectivity index (χ0n) is 18.7. The van der Waals surface area contributed by atoms with Crippen LogP contribution in [0.3, 0.4) is 0 Å². The molecule has 0 radical (unpaired) electrons. The summed E-state index contributed by atoms with van der Waals surface area (Å²) < 4.78 is 0. The molecule has 6 heteroatoms. The molecule has 2 heterocycles. The van der Waals surface area contributed by atoms with E-state index in [9.17, 15) is 9.90 Å². The molecule has 1 aromatic heterocycles. The molecule has 166 valence electrons. The van der Waals surface area contributed by atoms with E-state index in [1.807, 2.05) is 18.0 Å². The van der Waals surface area contributed by atoms with Crippen molar-refractivity contribution in [2.75, 3.05) is 31.6 Å². The smallest absolute Gasteiger partial charge is 0.253 e. The quantitative estimate of drug-likeness (QED) is 0.718. The van der Waals surface area contributed by atoms with Gasteiger partial charge in [-0.25, -0.2) is 4.98 Å². The second kappa shape index (κ2) is 9.79. The first-order chi connectivity index (χ1) is 15.0. The van der Waals surface area contributed by atoms with Crippen LogP contribution in [0.15, 0.2) is 36.5 Å². The third-order valence-corrected chi connectivity index (χ3v) is 6.59. The van der Waals surface area contributed by atoms with Gasteiger partial charge in [0, 0.05) is 45.5 Å². The van der Waals surface area contributed by atoms with Crippen LogP contribution in [0.5, 0.6) is 0 Å². The van der Waals surface area contributed by atoms with Crippen LogP contribution in [0.25, 0.3) is 0 Å². The molecule has 0 unspecified atom stereocenters. The molecule has 31 heavy (non-hydrogen) atoms. The number of benzene rings is 1. The van der Waals surface area contributed by atoms with Crippen molar-refractivity contribution in [1.82, 2.24) is 15.2 Å². The van der Waals surface area contributed by atoms with Gasteiger partial charge in [-0.05, 0) is 61.4 Å². The van der Waals surface area contributed by atoms with Crippen molar-refractivity contribution in [2.24, 2.45) is 0 Å². The van der Waals surface area contributed by atoms with Crippen LogP contribution in [0, 0.1) is 0 Å². The molecule has 1 fully saturated rings. The minimum atomic E-state index is -0.433. The van der Waals surface area contributed by atoms with E-state index in [0.29, 0.717) is 18.7 Å². The van der Waals surface area contributed by atoms with Gasteiger partial charge in [0.05, 0.1) is 11.7 Å². The van der Waals surface area contributed by atoms with Crippen molar-refractivity contribution in [3.8, 4) is 0 Å². The molecule has 1 atom stereocenters. The first-order valence-corrected chi connectivity index (χ1v) is 11.5. The Bertz CT molecular complexity index is 893. The first-order valence-electron chi connectivity index (χ1n) is 11.5. The zero-order chi connectivity index (χ0) is 21.8. The standard InChI is InChI=1S/C25H34N4O2/c1-18(30)17-28(2)24-9-8-22(16-26-24)25(31)27-15-19-6-7-20-10-12-29(23-4-3-5-23)13-11-21(20)14-19/h6-9,14,16,18,23,30H,3-5,10-13,15,17H2,1-2H3,(H,27,31)/t18-/m1/s1. The van der Waals surface area contributed by atoms with Crippen LogP contribution in [0.4, 0.5) is 5.82 Å². The number of carbonyl (C=O) groups is 1. The summed E-state index contributed by atoms with van der Waals surface area (Å²) in [6.07, 6.45) is 7.49. The molecule has 4 rings (SSSR count). The van der Waals surface area contributed by atoms with Crippen molar-refractivity contribution in [3.05, 3.63) is 58.8 Å². The molecular weight excluding hydrogens is 388 g/mol. The van der Waals surface area contributed by atoms with Crippen molar-refractivity contribution < 1.29 is 9.90 Å². The van der Waals surface area contributed by atoms with E-state index in [1.165, 1.54) is 36.9 Å². The molecule has 1 aliphatic heterocycles. The molecule has 1 aliphatic carbocycles. The zero-order valence-corrected chi connectivity index (χ0v) is 18.7. The van der Waals surface area contributed by atoms with E-state index in [0.717, 1.165) is 36.8 Å². The van der Waals surface area contributed by atoms with Crippen molar-refractivity contribution in [1.29, 1.82) is 0 Å². The second-order valence-corrected chi connectivity index (χ2v) is 9.04. The minimum absolute atomic E-state index is 0.122. The fourth-order valence-corrected chi connectivity index (χ4v) is 4.54. The number of nitrogens with zero attached hydrogens (tertiary/aromatic N) is 3. The summed E-state index contributed by atoms with van der Waals surface area (Å²) in [6, 6.07) is 11.1. The number of likely N-dealkylation sites (N-methyl/N-ethyl adjacent to an activating group) is 1. The van der Waals surface area contributed by atoms with Crippen LogP contribution in [-0.4, -0.2) is 59.7 Å². The van der Waals surface area contributed by atoms with Gasteiger partial charge in [0.1, 0.15) is 5.82 Å². The lowest BCUT2D eigenvalue weighted by atomic mass is 9.91. The number of rotatable bonds is 7. The Balaban J connectivity index is 1.32. The highest BCUT2D eigenvalue weighted by molar-refractivity contribution is 5.94. The normalized spacial score (nSPS) is 17.9. The maximum absolute atomic E-state index is 12.6. The summed E-state index contributed by atoms with van der Waals surface area (Å²) in [5, 5.41) is 12.5. The molecule has 2 N–H and O–H groups in total. The van der Waals surface area contributed by atoms with E-state index >= 15 is 0 Å². The number of aromatic nitrogens is 1. The highest BCUT2D eigenvalue weighted by Gasteiger charge is 2.26. The van der Waals surface area contributed by atoms with E-state index in [4.69, 9.17) is 0 Å². The van der Waals surface area contributed by atoms with Gasteiger partial charge in [-0.1, -0.05) is 24.6 Å². The Morgan fingerprint density at radius 1 is 1.23 bits per heavy atom. The Morgan fingerprint density at radius 2 is 2.00 bits per heavy atom. The van der Waals surface area contributed by atoms with Crippen LogP contribution >= 0.6 is 0 Å². The molecule has 0 spiro atoms. The summed E-state index contributed by atoms with van der Waals surface area (Å²) in [5.41, 5.74) is 4.57. The van der Waals surface area contributed by atoms with Gasteiger partial charge in [0.2, 0.25) is 0 Å². The fourth-order valence-electron chi connectivity index (χ4n) is 4.54. The molecule has 1 amide bonds. The monoisotopic (exact) mass is 422 g/mol. The number of hydrogen-bond donors (Lipinski definition) is 2. The number of anilines is 1. The van der Waals surface area contributed by atoms with Crippen LogP contribution in [-0.2, 0) is 19.4 Å². The summed E-state index contributed by atoms with van der Waals surface area (Å²) in [6.45, 7) is 5.07. The molecule has 0 bridgehead atoms. The molecule has 2 aromatic rings. The average Bonchev–Trinajstić information content (AvgIpc) is 2.93. The van der Waals surface area contributed by atoms with Gasteiger partial charge in [0.25, 0.3) is 5.91 Å². The molecule has 1 saturated carbocycles. The fraction of sp³-hybridized carbons (Fsp3) is 0.520. The topological polar surface area (TPSA) is 68.7 Å². The van der Waals surface area contributed by atoms with Crippen LogP contribution in [0.2, 0.25) is 0 Å². The summed E-state index contributed by atoms with van der Waals surface area (Å²) in [5.74, 6) is 0.613. The van der Waals surface area contributed by atoms with Crippen LogP contribution in [0.1, 0.15) is 53.2 Å². The van der Waals surface area contributed by atoms with Gasteiger partial charge >= 0.3 is 0 Å². The lowest BCUT2D eigenvalue weighted by Crippen LogP contribution is -2.41. The molecule has 6 nitrogen and oxygen atoms in total. The first kappa shape index (κ1) is 21.8. The maximum atomic E-state index is 12.6. The van der Waals surface area contributed by atoms with E-state index in [1.54, 1.807) is 19.2 Å². The lowest BCUT2D eigenvalue weighted by Gasteiger charge is -2.36. The third kappa shape index (κ3) is 5.43. The Hall–Kier alpha value is -2.44. The number of nitrogens with one attached hydrogen (secondary N) is 1. The summed E-state index contributed by atoms with van der Waals surface area (Å²) in [4.78, 5) is 21.5. The maximum Gasteiger partial charge on any atom is 0.253 e. The van der Waals surface area contributed by atoms with Crippen molar-refractivity contribution in [2.45, 2.75) is 57.7 Å². The number of aliphatic hydroxyl groups is 1. The number of amides is 1. The number of hydrogen-bond acceptors (Lipinski definition) is 5. The van der Waals surface area contributed by atoms with Crippen molar-refractivity contribution >= 4 is 11.7 Å². The molecule has 0 saturated heterocycles.